The van der Waals surface area contributed by atoms with Crippen molar-refractivity contribution in [2.24, 2.45) is 0 Å². The average Bonchev–Trinajstić information content (AvgIpc) is 2.84. The van der Waals surface area contributed by atoms with E-state index in [1.807, 2.05) is 6.07 Å². The summed E-state index contributed by atoms with van der Waals surface area (Å²) < 4.78 is 13.6. The van der Waals surface area contributed by atoms with E-state index in [0.717, 1.165) is 5.69 Å². The van der Waals surface area contributed by atoms with Crippen molar-refractivity contribution >= 4 is 5.69 Å². The lowest BCUT2D eigenvalue weighted by Crippen LogP contribution is -2.30. The molecule has 2 rings (SSSR count). The zero-order valence-electron chi connectivity index (χ0n) is 11.4. The normalized spacial score (nSPS) is 18.1. The molecule has 2 nitrogen and oxygen atoms in total. The van der Waals surface area contributed by atoms with Crippen molar-refractivity contribution in [1.29, 1.82) is 0 Å². The number of anilines is 1. The standard InChI is InChI=1S/C15H22FNO/c1-10-8-15(13(11(2)18)9-14(10)16)17(3)12-6-4-5-7-12/h8-9,11-12,18H,4-7H2,1-3H3. The molecule has 1 aliphatic carbocycles. The molecule has 0 aliphatic heterocycles. The quantitative estimate of drug-likeness (QED) is 0.887. The van der Waals surface area contributed by atoms with E-state index in [4.69, 9.17) is 0 Å². The number of nitrogens with zero attached hydrogens (tertiary/aromatic N) is 1. The van der Waals surface area contributed by atoms with E-state index < -0.39 is 6.10 Å². The van der Waals surface area contributed by atoms with Crippen molar-refractivity contribution in [3.05, 3.63) is 29.1 Å². The molecule has 0 heterocycles. The molecule has 3 heteroatoms. The molecule has 1 aliphatic rings. The van der Waals surface area contributed by atoms with Gasteiger partial charge in [0.05, 0.1) is 6.10 Å². The van der Waals surface area contributed by atoms with Gasteiger partial charge in [-0.25, -0.2) is 4.39 Å². The van der Waals surface area contributed by atoms with Crippen LogP contribution in [0, 0.1) is 12.7 Å². The third-order valence-electron chi connectivity index (χ3n) is 4.01. The van der Waals surface area contributed by atoms with Crippen LogP contribution < -0.4 is 4.90 Å². The first-order valence-corrected chi connectivity index (χ1v) is 6.71. The maximum absolute atomic E-state index is 13.6. The second-order valence-corrected chi connectivity index (χ2v) is 5.39. The van der Waals surface area contributed by atoms with Crippen molar-refractivity contribution in [3.8, 4) is 0 Å². The fourth-order valence-corrected chi connectivity index (χ4v) is 2.81. The number of aliphatic hydroxyl groups is 1. The van der Waals surface area contributed by atoms with E-state index in [9.17, 15) is 9.50 Å². The molecule has 1 unspecified atom stereocenters. The summed E-state index contributed by atoms with van der Waals surface area (Å²) in [4.78, 5) is 2.21. The maximum Gasteiger partial charge on any atom is 0.126 e. The minimum absolute atomic E-state index is 0.241. The van der Waals surface area contributed by atoms with Gasteiger partial charge in [-0.3, -0.25) is 0 Å². The van der Waals surface area contributed by atoms with Gasteiger partial charge in [-0.05, 0) is 44.4 Å². The molecule has 100 valence electrons. The highest BCUT2D eigenvalue weighted by Gasteiger charge is 2.23. The smallest absolute Gasteiger partial charge is 0.126 e. The number of rotatable bonds is 3. The van der Waals surface area contributed by atoms with Crippen LogP contribution in [-0.4, -0.2) is 18.2 Å². The molecule has 0 aromatic heterocycles. The van der Waals surface area contributed by atoms with Crippen molar-refractivity contribution in [2.75, 3.05) is 11.9 Å². The van der Waals surface area contributed by atoms with Crippen LogP contribution in [0.3, 0.4) is 0 Å². The summed E-state index contributed by atoms with van der Waals surface area (Å²) in [6, 6.07) is 3.85. The Morgan fingerprint density at radius 3 is 2.50 bits per heavy atom. The fraction of sp³-hybridized carbons (Fsp3) is 0.600. The molecule has 1 saturated carbocycles. The molecule has 0 saturated heterocycles. The van der Waals surface area contributed by atoms with Gasteiger partial charge in [0.15, 0.2) is 0 Å². The summed E-state index contributed by atoms with van der Waals surface area (Å²) in [6.45, 7) is 3.46. The topological polar surface area (TPSA) is 23.5 Å². The molecule has 0 bridgehead atoms. The second-order valence-electron chi connectivity index (χ2n) is 5.39. The first kappa shape index (κ1) is 13.3. The molecular formula is C15H22FNO. The van der Waals surface area contributed by atoms with E-state index >= 15 is 0 Å². The van der Waals surface area contributed by atoms with Crippen molar-refractivity contribution < 1.29 is 9.50 Å². The third kappa shape index (κ3) is 2.51. The van der Waals surface area contributed by atoms with Crippen LogP contribution in [0.2, 0.25) is 0 Å². The van der Waals surface area contributed by atoms with E-state index in [0.29, 0.717) is 17.2 Å². The van der Waals surface area contributed by atoms with E-state index in [-0.39, 0.29) is 5.82 Å². The van der Waals surface area contributed by atoms with Crippen LogP contribution in [0.25, 0.3) is 0 Å². The van der Waals surface area contributed by atoms with Gasteiger partial charge in [0, 0.05) is 24.3 Å². The molecule has 1 aromatic rings. The Morgan fingerprint density at radius 2 is 1.94 bits per heavy atom. The van der Waals surface area contributed by atoms with E-state index in [1.165, 1.54) is 31.7 Å². The van der Waals surface area contributed by atoms with Crippen molar-refractivity contribution in [2.45, 2.75) is 51.7 Å². The highest BCUT2D eigenvalue weighted by Crippen LogP contribution is 2.33. The first-order valence-electron chi connectivity index (χ1n) is 6.71. The molecule has 1 atom stereocenters. The number of benzene rings is 1. The van der Waals surface area contributed by atoms with Gasteiger partial charge in [-0.15, -0.1) is 0 Å². The van der Waals surface area contributed by atoms with Gasteiger partial charge in [0.25, 0.3) is 0 Å². The zero-order chi connectivity index (χ0) is 13.3. The van der Waals surface area contributed by atoms with Crippen LogP contribution in [0.4, 0.5) is 10.1 Å². The molecule has 1 fully saturated rings. The Balaban J connectivity index is 2.38. The Labute approximate surface area is 108 Å². The second kappa shape index (κ2) is 5.27. The minimum Gasteiger partial charge on any atom is -0.389 e. The van der Waals surface area contributed by atoms with Gasteiger partial charge >= 0.3 is 0 Å². The summed E-state index contributed by atoms with van der Waals surface area (Å²) in [5.74, 6) is -0.241. The van der Waals surface area contributed by atoms with Gasteiger partial charge in [0.2, 0.25) is 0 Å². The van der Waals surface area contributed by atoms with Crippen LogP contribution in [-0.2, 0) is 0 Å². The lowest BCUT2D eigenvalue weighted by molar-refractivity contribution is 0.199. The number of aliphatic hydroxyl groups excluding tert-OH is 1. The van der Waals surface area contributed by atoms with Crippen LogP contribution in [0.1, 0.15) is 49.8 Å². The number of hydrogen-bond donors (Lipinski definition) is 1. The summed E-state index contributed by atoms with van der Waals surface area (Å²) >= 11 is 0. The van der Waals surface area contributed by atoms with Crippen LogP contribution in [0.5, 0.6) is 0 Å². The van der Waals surface area contributed by atoms with Crippen molar-refractivity contribution in [3.63, 3.8) is 0 Å². The number of halogens is 1. The maximum atomic E-state index is 13.6. The first-order chi connectivity index (χ1) is 8.50. The van der Waals surface area contributed by atoms with Crippen LogP contribution >= 0.6 is 0 Å². The average molecular weight is 251 g/mol. The molecule has 0 radical (unpaired) electrons. The van der Waals surface area contributed by atoms with Crippen LogP contribution in [0.15, 0.2) is 12.1 Å². The zero-order valence-corrected chi connectivity index (χ0v) is 11.4. The van der Waals surface area contributed by atoms with Crippen molar-refractivity contribution in [1.82, 2.24) is 0 Å². The number of aryl methyl sites for hydroxylation is 1. The molecule has 0 amide bonds. The van der Waals surface area contributed by atoms with E-state index in [2.05, 4.69) is 11.9 Å². The molecule has 1 N–H and O–H groups in total. The van der Waals surface area contributed by atoms with E-state index in [1.54, 1.807) is 13.8 Å². The Bertz CT molecular complexity index is 425. The molecule has 1 aromatic carbocycles. The Morgan fingerprint density at radius 1 is 1.33 bits per heavy atom. The minimum atomic E-state index is -0.640. The van der Waals surface area contributed by atoms with Gasteiger partial charge in [-0.1, -0.05) is 12.8 Å². The van der Waals surface area contributed by atoms with Gasteiger partial charge in [0.1, 0.15) is 5.82 Å². The summed E-state index contributed by atoms with van der Waals surface area (Å²) in [5.41, 5.74) is 2.29. The molecule has 0 spiro atoms. The highest BCUT2D eigenvalue weighted by atomic mass is 19.1. The number of hydrogen-bond acceptors (Lipinski definition) is 2. The lowest BCUT2D eigenvalue weighted by Gasteiger charge is -2.30. The summed E-state index contributed by atoms with van der Waals surface area (Å²) in [7, 11) is 2.05. The van der Waals surface area contributed by atoms with Gasteiger partial charge in [-0.2, -0.15) is 0 Å². The highest BCUT2D eigenvalue weighted by molar-refractivity contribution is 5.57. The Kier molecular flexibility index (Phi) is 3.91. The predicted molar refractivity (Wildman–Crippen MR) is 72.4 cm³/mol. The lowest BCUT2D eigenvalue weighted by atomic mass is 10.0. The predicted octanol–water partition coefficient (Wildman–Crippen LogP) is 3.57. The Hall–Kier alpha value is -1.09. The molecule has 18 heavy (non-hydrogen) atoms. The van der Waals surface area contributed by atoms with Gasteiger partial charge < -0.3 is 10.0 Å². The largest absolute Gasteiger partial charge is 0.389 e. The summed E-state index contributed by atoms with van der Waals surface area (Å²) in [6.07, 6.45) is 4.26. The summed E-state index contributed by atoms with van der Waals surface area (Å²) in [5, 5.41) is 9.82. The monoisotopic (exact) mass is 251 g/mol. The third-order valence-corrected chi connectivity index (χ3v) is 4.01. The fourth-order valence-electron chi connectivity index (χ4n) is 2.81. The SMILES string of the molecule is Cc1cc(N(C)C2CCCC2)c(C(C)O)cc1F. The molecular weight excluding hydrogens is 229 g/mol.